The van der Waals surface area contributed by atoms with Crippen molar-refractivity contribution in [3.05, 3.63) is 29.3 Å². The first-order chi connectivity index (χ1) is 12.1. The molecule has 2 aliphatic carbocycles. The van der Waals surface area contributed by atoms with E-state index in [0.29, 0.717) is 23.3 Å². The smallest absolute Gasteiger partial charge is 0.258 e. The maximum absolute atomic E-state index is 11.9. The first-order valence-electron chi connectivity index (χ1n) is 8.63. The van der Waals surface area contributed by atoms with E-state index in [-0.39, 0.29) is 37.1 Å². The van der Waals surface area contributed by atoms with Crippen LogP contribution in [0.5, 0.6) is 5.75 Å². The van der Waals surface area contributed by atoms with Gasteiger partial charge in [0.25, 0.3) is 5.91 Å². The number of hydrogen-bond donors (Lipinski definition) is 2. The van der Waals surface area contributed by atoms with Crippen LogP contribution in [0.15, 0.2) is 24.3 Å². The highest BCUT2D eigenvalue weighted by Crippen LogP contribution is 2.28. The summed E-state index contributed by atoms with van der Waals surface area (Å²) in [5.41, 5.74) is 0. The number of nitrogens with one attached hydrogen (secondary N) is 2. The van der Waals surface area contributed by atoms with Gasteiger partial charge < -0.3 is 20.1 Å². The van der Waals surface area contributed by atoms with Gasteiger partial charge in [0.05, 0.1) is 6.61 Å². The predicted octanol–water partition coefficient (Wildman–Crippen LogP) is 1.91. The van der Waals surface area contributed by atoms with Crippen molar-refractivity contribution in [3.63, 3.8) is 0 Å². The topological polar surface area (TPSA) is 76.7 Å². The fraction of sp³-hybridized carbons (Fsp3) is 0.556. The Morgan fingerprint density at radius 2 is 1.60 bits per heavy atom. The van der Waals surface area contributed by atoms with Crippen LogP contribution in [0, 0.1) is 5.92 Å². The number of rotatable bonds is 9. The van der Waals surface area contributed by atoms with E-state index in [1.807, 2.05) is 0 Å². The fourth-order valence-corrected chi connectivity index (χ4v) is 2.80. The molecule has 2 fully saturated rings. The number of ether oxygens (including phenoxy) is 2. The molecule has 0 aliphatic heterocycles. The van der Waals surface area contributed by atoms with Gasteiger partial charge in [-0.3, -0.25) is 9.59 Å². The molecule has 1 aromatic rings. The summed E-state index contributed by atoms with van der Waals surface area (Å²) in [5.74, 6) is 1.01. The monoisotopic (exact) mass is 366 g/mol. The average molecular weight is 367 g/mol. The summed E-state index contributed by atoms with van der Waals surface area (Å²) in [6.07, 6.45) is 3.91. The fourth-order valence-electron chi connectivity index (χ4n) is 2.67. The van der Waals surface area contributed by atoms with E-state index in [2.05, 4.69) is 10.6 Å². The first-order valence-corrected chi connectivity index (χ1v) is 9.01. The minimum atomic E-state index is -0.169. The van der Waals surface area contributed by atoms with Crippen molar-refractivity contribution in [1.29, 1.82) is 0 Å². The average Bonchev–Trinajstić information content (AvgIpc) is 3.36. The molecule has 2 saturated carbocycles. The third-order valence-electron chi connectivity index (χ3n) is 4.34. The number of carbonyl (C=O) groups is 2. The van der Waals surface area contributed by atoms with E-state index in [0.717, 1.165) is 12.8 Å². The lowest BCUT2D eigenvalue weighted by Crippen LogP contribution is -2.54. The van der Waals surface area contributed by atoms with Crippen molar-refractivity contribution in [2.75, 3.05) is 19.8 Å². The summed E-state index contributed by atoms with van der Waals surface area (Å²) >= 11 is 5.79. The van der Waals surface area contributed by atoms with Crippen LogP contribution in [0.2, 0.25) is 5.02 Å². The third-order valence-corrected chi connectivity index (χ3v) is 4.59. The lowest BCUT2D eigenvalue weighted by atomic mass is 9.86. The van der Waals surface area contributed by atoms with Crippen LogP contribution < -0.4 is 15.4 Å². The molecule has 136 valence electrons. The summed E-state index contributed by atoms with van der Waals surface area (Å²) in [4.78, 5) is 23.6. The highest BCUT2D eigenvalue weighted by Gasteiger charge is 2.31. The molecule has 6 nitrogen and oxygen atoms in total. The molecular weight excluding hydrogens is 344 g/mol. The summed E-state index contributed by atoms with van der Waals surface area (Å²) in [7, 11) is 0. The van der Waals surface area contributed by atoms with Gasteiger partial charge in [-0.2, -0.15) is 0 Å². The van der Waals surface area contributed by atoms with Gasteiger partial charge in [0, 0.05) is 17.1 Å². The molecule has 2 N–H and O–H groups in total. The number of hydrogen-bond acceptors (Lipinski definition) is 4. The van der Waals surface area contributed by atoms with Crippen LogP contribution in [0.4, 0.5) is 0 Å². The Hall–Kier alpha value is -1.79. The third kappa shape index (κ3) is 6.21. The normalized spacial score (nSPS) is 22.0. The Balaban J connectivity index is 1.24. The number of halogens is 1. The van der Waals surface area contributed by atoms with Crippen molar-refractivity contribution >= 4 is 23.4 Å². The van der Waals surface area contributed by atoms with E-state index >= 15 is 0 Å². The largest absolute Gasteiger partial charge is 0.484 e. The van der Waals surface area contributed by atoms with E-state index in [4.69, 9.17) is 21.1 Å². The molecule has 0 heterocycles. The van der Waals surface area contributed by atoms with Gasteiger partial charge >= 0.3 is 0 Å². The summed E-state index contributed by atoms with van der Waals surface area (Å²) < 4.78 is 10.8. The van der Waals surface area contributed by atoms with Crippen LogP contribution in [-0.4, -0.2) is 43.7 Å². The van der Waals surface area contributed by atoms with Crippen molar-refractivity contribution in [2.24, 2.45) is 5.92 Å². The Kier molecular flexibility index (Phi) is 6.15. The number of amides is 2. The summed E-state index contributed by atoms with van der Waals surface area (Å²) in [5, 5.41) is 6.44. The first kappa shape index (κ1) is 18.0. The van der Waals surface area contributed by atoms with Crippen molar-refractivity contribution in [3.8, 4) is 5.75 Å². The highest BCUT2D eigenvalue weighted by molar-refractivity contribution is 6.30. The standard InChI is InChI=1S/C18H23ClN2O4/c19-13-3-5-16(6-4-13)25-11-18(23)21-15-7-14(8-15)20-17(22)10-24-9-12-1-2-12/h3-6,12,14-15H,1-2,7-11H2,(H,20,22)(H,21,23). The molecule has 0 saturated heterocycles. The lowest BCUT2D eigenvalue weighted by molar-refractivity contribution is -0.127. The van der Waals surface area contributed by atoms with Gasteiger partial charge in [0.1, 0.15) is 12.4 Å². The maximum atomic E-state index is 11.9. The molecule has 2 amide bonds. The molecule has 0 radical (unpaired) electrons. The van der Waals surface area contributed by atoms with Gasteiger partial charge in [0.2, 0.25) is 5.91 Å². The van der Waals surface area contributed by atoms with Gasteiger partial charge in [-0.1, -0.05) is 11.6 Å². The Labute approximate surface area is 152 Å². The van der Waals surface area contributed by atoms with E-state index in [9.17, 15) is 9.59 Å². The Morgan fingerprint density at radius 1 is 1.00 bits per heavy atom. The molecule has 0 spiro atoms. The van der Waals surface area contributed by atoms with Crippen LogP contribution in [0.3, 0.4) is 0 Å². The molecule has 7 heteroatoms. The molecule has 0 aromatic heterocycles. The van der Waals surface area contributed by atoms with Gasteiger partial charge in [-0.05, 0) is 55.9 Å². The van der Waals surface area contributed by atoms with Gasteiger partial charge in [0.15, 0.2) is 6.61 Å². The maximum Gasteiger partial charge on any atom is 0.258 e. The van der Waals surface area contributed by atoms with Crippen molar-refractivity contribution < 1.29 is 19.1 Å². The summed E-state index contributed by atoms with van der Waals surface area (Å²) in [6.45, 7) is 0.771. The van der Waals surface area contributed by atoms with Crippen molar-refractivity contribution in [1.82, 2.24) is 10.6 Å². The second-order valence-electron chi connectivity index (χ2n) is 6.70. The molecule has 0 bridgehead atoms. The lowest BCUT2D eigenvalue weighted by Gasteiger charge is -2.36. The molecular formula is C18H23ClN2O4. The predicted molar refractivity (Wildman–Crippen MR) is 93.6 cm³/mol. The van der Waals surface area contributed by atoms with E-state index in [1.54, 1.807) is 24.3 Å². The highest BCUT2D eigenvalue weighted by atomic mass is 35.5. The number of carbonyl (C=O) groups excluding carboxylic acids is 2. The Bertz CT molecular complexity index is 598. The Morgan fingerprint density at radius 3 is 2.20 bits per heavy atom. The van der Waals surface area contributed by atoms with Crippen LogP contribution >= 0.6 is 11.6 Å². The van der Waals surface area contributed by atoms with Crippen LogP contribution in [-0.2, 0) is 14.3 Å². The van der Waals surface area contributed by atoms with E-state index < -0.39 is 0 Å². The zero-order valence-corrected chi connectivity index (χ0v) is 14.8. The molecule has 2 aliphatic rings. The molecule has 1 aromatic carbocycles. The quantitative estimate of drug-likeness (QED) is 0.700. The van der Waals surface area contributed by atoms with Crippen molar-refractivity contribution in [2.45, 2.75) is 37.8 Å². The molecule has 25 heavy (non-hydrogen) atoms. The SMILES string of the molecule is O=C(COCC1CC1)NC1CC(NC(=O)COc2ccc(Cl)cc2)C1. The molecule has 0 unspecified atom stereocenters. The van der Waals surface area contributed by atoms with Gasteiger partial charge in [-0.25, -0.2) is 0 Å². The number of benzene rings is 1. The molecule has 3 rings (SSSR count). The second kappa shape index (κ2) is 8.54. The zero-order chi connectivity index (χ0) is 17.6. The summed E-state index contributed by atoms with van der Waals surface area (Å²) in [6, 6.07) is 7.05. The van der Waals surface area contributed by atoms with Crippen LogP contribution in [0.25, 0.3) is 0 Å². The minimum absolute atomic E-state index is 0.0375. The molecule has 0 atom stereocenters. The zero-order valence-electron chi connectivity index (χ0n) is 14.0. The minimum Gasteiger partial charge on any atom is -0.484 e. The van der Waals surface area contributed by atoms with Gasteiger partial charge in [-0.15, -0.1) is 0 Å². The second-order valence-corrected chi connectivity index (χ2v) is 7.14. The van der Waals surface area contributed by atoms with E-state index in [1.165, 1.54) is 12.8 Å². The van der Waals surface area contributed by atoms with Crippen LogP contribution in [0.1, 0.15) is 25.7 Å².